The predicted octanol–water partition coefficient (Wildman–Crippen LogP) is 1.21. The number of aryl methyl sites for hydroxylation is 1. The summed E-state index contributed by atoms with van der Waals surface area (Å²) >= 11 is 0. The van der Waals surface area contributed by atoms with Crippen molar-refractivity contribution >= 4 is 27.4 Å². The largest absolute Gasteiger partial charge is 0.481 e. The van der Waals surface area contributed by atoms with Gasteiger partial charge < -0.3 is 10.4 Å². The number of carboxylic acids is 1. The maximum absolute atomic E-state index is 11.7. The summed E-state index contributed by atoms with van der Waals surface area (Å²) in [6.07, 6.45) is -0.214. The average molecular weight is 299 g/mol. The van der Waals surface area contributed by atoms with E-state index >= 15 is 0 Å². The van der Waals surface area contributed by atoms with Crippen molar-refractivity contribution in [2.75, 3.05) is 16.8 Å². The second-order valence-corrected chi connectivity index (χ2v) is 6.64. The first-order chi connectivity index (χ1) is 9.30. The highest BCUT2D eigenvalue weighted by atomic mass is 32.2. The lowest BCUT2D eigenvalue weighted by Gasteiger charge is -2.08. The van der Waals surface area contributed by atoms with Crippen LogP contribution in [0, 0.1) is 6.92 Å². The molecule has 7 heteroatoms. The number of carbonyl (C=O) groups is 2. The van der Waals surface area contributed by atoms with Crippen LogP contribution in [0.3, 0.4) is 0 Å². The zero-order valence-electron chi connectivity index (χ0n) is 11.1. The van der Waals surface area contributed by atoms with Crippen LogP contribution in [0.4, 0.5) is 5.69 Å². The Morgan fingerprint density at radius 1 is 1.25 bits per heavy atom. The maximum atomic E-state index is 11.7. The van der Waals surface area contributed by atoms with E-state index in [1.54, 1.807) is 25.1 Å². The lowest BCUT2D eigenvalue weighted by atomic mass is 10.2. The van der Waals surface area contributed by atoms with Crippen LogP contribution in [0.25, 0.3) is 0 Å². The first-order valence-corrected chi connectivity index (χ1v) is 7.90. The fourth-order valence-electron chi connectivity index (χ4n) is 1.61. The Bertz CT molecular complexity index is 595. The molecule has 0 saturated carbocycles. The number of aliphatic carboxylic acids is 1. The highest BCUT2D eigenvalue weighted by Gasteiger charge is 2.17. The summed E-state index contributed by atoms with van der Waals surface area (Å²) in [5.41, 5.74) is 1.40. The molecule has 0 heterocycles. The minimum Gasteiger partial charge on any atom is -0.481 e. The number of sulfone groups is 1. The van der Waals surface area contributed by atoms with Crippen molar-refractivity contribution in [2.45, 2.75) is 19.8 Å². The van der Waals surface area contributed by atoms with Crippen LogP contribution in [-0.4, -0.2) is 36.9 Å². The molecule has 0 saturated heterocycles. The minimum absolute atomic E-state index is 0.00924. The molecule has 110 valence electrons. The normalized spacial score (nSPS) is 11.1. The Hall–Kier alpha value is -1.89. The van der Waals surface area contributed by atoms with Crippen LogP contribution < -0.4 is 5.32 Å². The molecule has 0 unspecified atom stereocenters. The van der Waals surface area contributed by atoms with Crippen molar-refractivity contribution in [3.05, 3.63) is 29.8 Å². The second-order valence-electron chi connectivity index (χ2n) is 4.45. The van der Waals surface area contributed by atoms with E-state index < -0.39 is 27.5 Å². The molecular formula is C13H17NO5S. The van der Waals surface area contributed by atoms with Gasteiger partial charge in [-0.05, 0) is 25.0 Å². The van der Waals surface area contributed by atoms with Crippen molar-refractivity contribution < 1.29 is 23.1 Å². The van der Waals surface area contributed by atoms with E-state index in [0.717, 1.165) is 5.56 Å². The number of hydrogen-bond acceptors (Lipinski definition) is 4. The molecule has 0 aliphatic carbocycles. The first kappa shape index (κ1) is 16.2. The van der Waals surface area contributed by atoms with E-state index in [-0.39, 0.29) is 18.6 Å². The molecule has 1 rings (SSSR count). The predicted molar refractivity (Wildman–Crippen MR) is 75.3 cm³/mol. The number of carboxylic acid groups (broad SMARTS) is 1. The molecule has 1 aromatic carbocycles. The van der Waals surface area contributed by atoms with Gasteiger partial charge in [0.2, 0.25) is 5.91 Å². The molecule has 0 aliphatic heterocycles. The fraction of sp³-hybridized carbons (Fsp3) is 0.385. The number of hydrogen-bond donors (Lipinski definition) is 2. The van der Waals surface area contributed by atoms with Crippen molar-refractivity contribution in [3.8, 4) is 0 Å². The van der Waals surface area contributed by atoms with Gasteiger partial charge in [-0.2, -0.15) is 0 Å². The summed E-state index contributed by atoms with van der Waals surface area (Å²) in [6.45, 7) is 1.80. The van der Waals surface area contributed by atoms with Gasteiger partial charge in [0.05, 0.1) is 5.75 Å². The van der Waals surface area contributed by atoms with Crippen molar-refractivity contribution in [2.24, 2.45) is 0 Å². The molecule has 6 nitrogen and oxygen atoms in total. The third-order valence-electron chi connectivity index (χ3n) is 2.62. The number of anilines is 1. The third-order valence-corrected chi connectivity index (χ3v) is 4.23. The average Bonchev–Trinajstić information content (AvgIpc) is 2.30. The Labute approximate surface area is 117 Å². The monoisotopic (exact) mass is 299 g/mol. The number of amides is 1. The molecule has 0 aromatic heterocycles. The lowest BCUT2D eigenvalue weighted by Crippen LogP contribution is -2.25. The zero-order chi connectivity index (χ0) is 15.2. The Morgan fingerprint density at radius 2 is 1.90 bits per heavy atom. The van der Waals surface area contributed by atoms with Gasteiger partial charge >= 0.3 is 5.97 Å². The van der Waals surface area contributed by atoms with Gasteiger partial charge in [-0.3, -0.25) is 9.59 Å². The molecule has 0 bridgehead atoms. The Morgan fingerprint density at radius 3 is 2.50 bits per heavy atom. The molecule has 1 amide bonds. The molecule has 20 heavy (non-hydrogen) atoms. The molecule has 0 atom stereocenters. The zero-order valence-corrected chi connectivity index (χ0v) is 11.9. The number of para-hydroxylation sites is 1. The Kier molecular flexibility index (Phi) is 5.69. The van der Waals surface area contributed by atoms with E-state index in [1.807, 2.05) is 6.07 Å². The van der Waals surface area contributed by atoms with E-state index in [4.69, 9.17) is 5.11 Å². The van der Waals surface area contributed by atoms with Crippen molar-refractivity contribution in [3.63, 3.8) is 0 Å². The standard InChI is InChI=1S/C13H17NO5S/c1-10-5-2-3-6-11(10)14-12(15)9-20(18,19)8-4-7-13(16)17/h2-3,5-6H,4,7-9H2,1H3,(H,14,15)(H,16,17). The van der Waals surface area contributed by atoms with Crippen LogP contribution >= 0.6 is 0 Å². The lowest BCUT2D eigenvalue weighted by molar-refractivity contribution is -0.137. The molecule has 0 aliphatic rings. The van der Waals surface area contributed by atoms with E-state index in [1.165, 1.54) is 0 Å². The maximum Gasteiger partial charge on any atom is 0.303 e. The molecule has 2 N–H and O–H groups in total. The number of benzene rings is 1. The van der Waals surface area contributed by atoms with E-state index in [9.17, 15) is 18.0 Å². The number of rotatable bonds is 7. The number of carbonyl (C=O) groups excluding carboxylic acids is 1. The fourth-order valence-corrected chi connectivity index (χ4v) is 2.81. The van der Waals surface area contributed by atoms with E-state index in [0.29, 0.717) is 5.69 Å². The van der Waals surface area contributed by atoms with Gasteiger partial charge in [-0.1, -0.05) is 18.2 Å². The van der Waals surface area contributed by atoms with Crippen LogP contribution in [0.5, 0.6) is 0 Å². The van der Waals surface area contributed by atoms with Gasteiger partial charge in [0.15, 0.2) is 9.84 Å². The molecule has 0 radical (unpaired) electrons. The summed E-state index contributed by atoms with van der Waals surface area (Å²) in [5.74, 6) is -2.61. The summed E-state index contributed by atoms with van der Waals surface area (Å²) < 4.78 is 23.3. The summed E-state index contributed by atoms with van der Waals surface area (Å²) in [5, 5.41) is 11.0. The number of nitrogens with one attached hydrogen (secondary N) is 1. The summed E-state index contributed by atoms with van der Waals surface area (Å²) in [6, 6.07) is 7.04. The highest BCUT2D eigenvalue weighted by Crippen LogP contribution is 2.13. The topological polar surface area (TPSA) is 101 Å². The van der Waals surface area contributed by atoms with Crippen molar-refractivity contribution in [1.82, 2.24) is 0 Å². The third kappa shape index (κ3) is 5.83. The van der Waals surface area contributed by atoms with Gasteiger partial charge in [0, 0.05) is 12.1 Å². The Balaban J connectivity index is 2.53. The van der Waals surface area contributed by atoms with Crippen LogP contribution in [-0.2, 0) is 19.4 Å². The first-order valence-electron chi connectivity index (χ1n) is 6.08. The second kappa shape index (κ2) is 7.04. The van der Waals surface area contributed by atoms with Gasteiger partial charge in [-0.25, -0.2) is 8.42 Å². The van der Waals surface area contributed by atoms with Crippen molar-refractivity contribution in [1.29, 1.82) is 0 Å². The van der Waals surface area contributed by atoms with Gasteiger partial charge in [0.25, 0.3) is 0 Å². The highest BCUT2D eigenvalue weighted by molar-refractivity contribution is 7.92. The van der Waals surface area contributed by atoms with E-state index in [2.05, 4.69) is 5.32 Å². The molecular weight excluding hydrogens is 282 g/mol. The van der Waals surface area contributed by atoms with Crippen LogP contribution in [0.2, 0.25) is 0 Å². The smallest absolute Gasteiger partial charge is 0.303 e. The van der Waals surface area contributed by atoms with Crippen LogP contribution in [0.15, 0.2) is 24.3 Å². The molecule has 1 aromatic rings. The van der Waals surface area contributed by atoms with Gasteiger partial charge in [-0.15, -0.1) is 0 Å². The quantitative estimate of drug-likeness (QED) is 0.788. The summed E-state index contributed by atoms with van der Waals surface area (Å²) in [7, 11) is -3.58. The molecule has 0 spiro atoms. The van der Waals surface area contributed by atoms with Gasteiger partial charge in [0.1, 0.15) is 5.75 Å². The minimum atomic E-state index is -3.58. The van der Waals surface area contributed by atoms with Crippen LogP contribution in [0.1, 0.15) is 18.4 Å². The SMILES string of the molecule is Cc1ccccc1NC(=O)CS(=O)(=O)CCCC(=O)O. The molecule has 0 fully saturated rings. The summed E-state index contributed by atoms with van der Waals surface area (Å²) in [4.78, 5) is 22.0.